The number of imide groups is 1. The average molecular weight is 428 g/mol. The van der Waals surface area contributed by atoms with Gasteiger partial charge in [0.05, 0.1) is 22.7 Å². The molecule has 0 radical (unpaired) electrons. The highest BCUT2D eigenvalue weighted by Gasteiger charge is 2.45. The lowest BCUT2D eigenvalue weighted by atomic mass is 10.0. The van der Waals surface area contributed by atoms with Crippen molar-refractivity contribution in [3.8, 4) is 0 Å². The molecule has 166 valence electrons. The predicted molar refractivity (Wildman–Crippen MR) is 115 cm³/mol. The van der Waals surface area contributed by atoms with E-state index in [4.69, 9.17) is 4.74 Å². The first-order valence-corrected chi connectivity index (χ1v) is 11.1. The summed E-state index contributed by atoms with van der Waals surface area (Å²) in [6.07, 6.45) is 5.79. The van der Waals surface area contributed by atoms with Crippen molar-refractivity contribution in [2.24, 2.45) is 0 Å². The van der Waals surface area contributed by atoms with Crippen LogP contribution >= 0.6 is 0 Å². The van der Waals surface area contributed by atoms with Crippen LogP contribution in [0.15, 0.2) is 30.0 Å². The van der Waals surface area contributed by atoms with Crippen LogP contribution in [0.4, 0.5) is 5.69 Å². The molecule has 2 unspecified atom stereocenters. The van der Waals surface area contributed by atoms with Crippen LogP contribution in [-0.4, -0.2) is 57.9 Å². The molecule has 3 aliphatic rings. The molecule has 0 bridgehead atoms. The van der Waals surface area contributed by atoms with Gasteiger partial charge in [-0.1, -0.05) is 25.7 Å². The second-order valence-electron chi connectivity index (χ2n) is 8.82. The topological polar surface area (TPSA) is 93.0 Å². The van der Waals surface area contributed by atoms with Gasteiger partial charge in [-0.2, -0.15) is 0 Å². The number of hydrogen-bond donors (Lipinski definition) is 0. The third-order valence-corrected chi connectivity index (χ3v) is 6.38. The second-order valence-corrected chi connectivity index (χ2v) is 8.82. The third kappa shape index (κ3) is 4.21. The van der Waals surface area contributed by atoms with Gasteiger partial charge in [-0.05, 0) is 44.4 Å². The fourth-order valence-electron chi connectivity index (χ4n) is 5.05. The van der Waals surface area contributed by atoms with Gasteiger partial charge >= 0.3 is 0 Å². The maximum absolute atomic E-state index is 13.7. The fourth-order valence-corrected chi connectivity index (χ4v) is 5.05. The number of rotatable bonds is 4. The van der Waals surface area contributed by atoms with Crippen LogP contribution in [-0.2, 0) is 14.3 Å². The normalized spacial score (nSPS) is 25.9. The van der Waals surface area contributed by atoms with E-state index in [9.17, 15) is 19.7 Å². The Morgan fingerprint density at radius 2 is 1.52 bits per heavy atom. The Morgan fingerprint density at radius 3 is 2.06 bits per heavy atom. The van der Waals surface area contributed by atoms with Crippen molar-refractivity contribution in [2.75, 3.05) is 13.1 Å². The first-order valence-electron chi connectivity index (χ1n) is 11.1. The van der Waals surface area contributed by atoms with Crippen molar-refractivity contribution < 1.29 is 19.2 Å². The van der Waals surface area contributed by atoms with Crippen molar-refractivity contribution in [3.63, 3.8) is 0 Å². The summed E-state index contributed by atoms with van der Waals surface area (Å²) < 4.78 is 5.83. The number of ether oxygens (including phenoxy) is 1. The molecule has 8 nitrogen and oxygen atoms in total. The lowest BCUT2D eigenvalue weighted by Gasteiger charge is -2.37. The van der Waals surface area contributed by atoms with E-state index in [-0.39, 0.29) is 35.8 Å². The van der Waals surface area contributed by atoms with Gasteiger partial charge in [0.1, 0.15) is 5.70 Å². The Bertz CT molecular complexity index is 892. The molecular formula is C23H29N3O5. The van der Waals surface area contributed by atoms with Crippen LogP contribution in [0.5, 0.6) is 0 Å². The van der Waals surface area contributed by atoms with Crippen molar-refractivity contribution >= 4 is 23.1 Å². The summed E-state index contributed by atoms with van der Waals surface area (Å²) >= 11 is 0. The van der Waals surface area contributed by atoms with E-state index in [0.29, 0.717) is 29.9 Å². The number of carbonyl (C=O) groups excluding carboxylic acids is 2. The summed E-state index contributed by atoms with van der Waals surface area (Å²) in [5.74, 6) is -0.529. The Morgan fingerprint density at radius 1 is 0.935 bits per heavy atom. The predicted octanol–water partition coefficient (Wildman–Crippen LogP) is 3.51. The van der Waals surface area contributed by atoms with Gasteiger partial charge in [-0.15, -0.1) is 0 Å². The molecule has 1 aromatic rings. The highest BCUT2D eigenvalue weighted by Crippen LogP contribution is 2.37. The summed E-state index contributed by atoms with van der Waals surface area (Å²) in [6.45, 7) is 4.96. The zero-order valence-corrected chi connectivity index (χ0v) is 18.1. The molecule has 1 aliphatic carbocycles. The van der Waals surface area contributed by atoms with Gasteiger partial charge in [0.25, 0.3) is 17.5 Å². The lowest BCUT2D eigenvalue weighted by Crippen LogP contribution is -2.48. The van der Waals surface area contributed by atoms with E-state index in [0.717, 1.165) is 38.5 Å². The molecule has 0 N–H and O–H groups in total. The van der Waals surface area contributed by atoms with Gasteiger partial charge in [0.15, 0.2) is 0 Å². The minimum Gasteiger partial charge on any atom is -0.372 e. The van der Waals surface area contributed by atoms with E-state index in [1.807, 2.05) is 18.7 Å². The number of morpholine rings is 1. The van der Waals surface area contributed by atoms with Gasteiger partial charge < -0.3 is 9.64 Å². The molecule has 8 heteroatoms. The number of nitro benzene ring substituents is 1. The molecular weight excluding hydrogens is 398 g/mol. The van der Waals surface area contributed by atoms with Gasteiger partial charge in [0.2, 0.25) is 0 Å². The molecule has 0 aromatic heterocycles. The molecule has 2 heterocycles. The van der Waals surface area contributed by atoms with Gasteiger partial charge in [-0.3, -0.25) is 24.6 Å². The molecule has 1 saturated heterocycles. The lowest BCUT2D eigenvalue weighted by molar-refractivity contribution is -0.384. The van der Waals surface area contributed by atoms with Crippen molar-refractivity contribution in [1.82, 2.24) is 9.80 Å². The molecule has 2 fully saturated rings. The Labute approximate surface area is 182 Å². The van der Waals surface area contributed by atoms with E-state index >= 15 is 0 Å². The highest BCUT2D eigenvalue weighted by molar-refractivity contribution is 6.35. The molecule has 1 saturated carbocycles. The van der Waals surface area contributed by atoms with Crippen LogP contribution in [0.25, 0.3) is 5.57 Å². The fraction of sp³-hybridized carbons (Fsp3) is 0.565. The summed E-state index contributed by atoms with van der Waals surface area (Å²) in [4.78, 5) is 41.3. The van der Waals surface area contributed by atoms with Crippen LogP contribution in [0.1, 0.15) is 57.9 Å². The maximum Gasteiger partial charge on any atom is 0.278 e. The van der Waals surface area contributed by atoms with Crippen LogP contribution in [0, 0.1) is 10.1 Å². The minimum absolute atomic E-state index is 0.0445. The number of amides is 2. The number of nitro groups is 1. The Hall–Kier alpha value is -2.74. The van der Waals surface area contributed by atoms with Gasteiger partial charge in [-0.25, -0.2) is 0 Å². The first kappa shape index (κ1) is 21.5. The number of carbonyl (C=O) groups is 2. The quantitative estimate of drug-likeness (QED) is 0.316. The van der Waals surface area contributed by atoms with Crippen molar-refractivity contribution in [2.45, 2.75) is 70.6 Å². The molecule has 2 amide bonds. The highest BCUT2D eigenvalue weighted by atomic mass is 16.6. The van der Waals surface area contributed by atoms with E-state index < -0.39 is 4.92 Å². The van der Waals surface area contributed by atoms with Crippen LogP contribution in [0.2, 0.25) is 0 Å². The smallest absolute Gasteiger partial charge is 0.278 e. The van der Waals surface area contributed by atoms with E-state index in [2.05, 4.69) is 0 Å². The zero-order valence-electron chi connectivity index (χ0n) is 18.1. The Balaban J connectivity index is 1.76. The summed E-state index contributed by atoms with van der Waals surface area (Å²) in [5.41, 5.74) is 1.26. The first-order chi connectivity index (χ1) is 14.9. The summed E-state index contributed by atoms with van der Waals surface area (Å²) in [5, 5.41) is 11.1. The van der Waals surface area contributed by atoms with Gasteiger partial charge in [0, 0.05) is 31.3 Å². The number of hydrogen-bond acceptors (Lipinski definition) is 6. The molecule has 4 rings (SSSR count). The number of benzene rings is 1. The molecule has 31 heavy (non-hydrogen) atoms. The second kappa shape index (κ2) is 8.78. The monoisotopic (exact) mass is 427 g/mol. The summed E-state index contributed by atoms with van der Waals surface area (Å²) in [6, 6.07) is 5.82. The number of nitrogens with zero attached hydrogens (tertiary/aromatic N) is 3. The minimum atomic E-state index is -0.468. The maximum atomic E-state index is 13.7. The van der Waals surface area contributed by atoms with Crippen molar-refractivity contribution in [1.29, 1.82) is 0 Å². The van der Waals surface area contributed by atoms with Crippen molar-refractivity contribution in [3.05, 3.63) is 45.6 Å². The van der Waals surface area contributed by atoms with Crippen LogP contribution < -0.4 is 0 Å². The molecule has 1 aromatic carbocycles. The van der Waals surface area contributed by atoms with E-state index in [1.54, 1.807) is 12.1 Å². The molecule has 2 aliphatic heterocycles. The number of non-ortho nitro benzene ring substituents is 1. The standard InChI is InChI=1S/C23H29N3O5/c1-15-13-24(14-16(2)31-15)21-20(17-9-11-19(12-10-17)26(29)30)22(27)25(23(21)28)18-7-5-3-4-6-8-18/h9-12,15-16,18H,3-8,13-14H2,1-2H3. The van der Waals surface area contributed by atoms with E-state index in [1.165, 1.54) is 17.0 Å². The molecule has 0 spiro atoms. The van der Waals surface area contributed by atoms with Crippen LogP contribution in [0.3, 0.4) is 0 Å². The Kier molecular flexibility index (Phi) is 6.09. The zero-order chi connectivity index (χ0) is 22.1. The largest absolute Gasteiger partial charge is 0.372 e. The third-order valence-electron chi connectivity index (χ3n) is 6.38. The average Bonchev–Trinajstić information content (AvgIpc) is 2.88. The SMILES string of the molecule is CC1CN(C2=C(c3ccc([N+](=O)[O-])cc3)C(=O)N(C3CCCCCC3)C2=O)CC(C)O1. The summed E-state index contributed by atoms with van der Waals surface area (Å²) in [7, 11) is 0. The molecule has 2 atom stereocenters.